The number of aromatic nitrogens is 1. The number of benzene rings is 1. The molecule has 0 fully saturated rings. The number of oxazole rings is 1. The predicted molar refractivity (Wildman–Crippen MR) is 66.1 cm³/mol. The van der Waals surface area contributed by atoms with Gasteiger partial charge in [0, 0.05) is 17.1 Å². The van der Waals surface area contributed by atoms with Crippen LogP contribution in [0, 0.1) is 0 Å². The minimum atomic E-state index is -1.14. The Hall–Kier alpha value is -1.82. The fourth-order valence-electron chi connectivity index (χ4n) is 1.38. The first-order valence-corrected chi connectivity index (χ1v) is 5.59. The van der Waals surface area contributed by atoms with Gasteiger partial charge in [-0.25, -0.2) is 4.79 Å². The van der Waals surface area contributed by atoms with Gasteiger partial charge in [-0.2, -0.15) is 4.98 Å². The monoisotopic (exact) mass is 296 g/mol. The summed E-state index contributed by atoms with van der Waals surface area (Å²) in [5.41, 5.74) is 1.00. The third-order valence-corrected chi connectivity index (χ3v) is 2.68. The molecule has 0 saturated heterocycles. The molecule has 17 heavy (non-hydrogen) atoms. The van der Waals surface area contributed by atoms with E-state index in [9.17, 15) is 4.79 Å². The molecule has 0 radical (unpaired) electrons. The lowest BCUT2D eigenvalue weighted by atomic mass is 10.1. The summed E-state index contributed by atoms with van der Waals surface area (Å²) in [5, 5.41) is 11.7. The van der Waals surface area contributed by atoms with Gasteiger partial charge in [-0.05, 0) is 12.1 Å². The highest BCUT2D eigenvalue weighted by Gasteiger charge is 2.20. The van der Waals surface area contributed by atoms with Gasteiger partial charge in [0.25, 0.3) is 6.01 Å². The van der Waals surface area contributed by atoms with Gasteiger partial charge in [0.1, 0.15) is 5.69 Å². The van der Waals surface area contributed by atoms with Gasteiger partial charge in [-0.3, -0.25) is 0 Å². The first-order valence-electron chi connectivity index (χ1n) is 4.79. The van der Waals surface area contributed by atoms with Gasteiger partial charge in [-0.15, -0.1) is 0 Å². The van der Waals surface area contributed by atoms with Crippen LogP contribution in [-0.2, 0) is 0 Å². The van der Waals surface area contributed by atoms with Crippen LogP contribution in [0.4, 0.5) is 6.01 Å². The molecule has 1 aromatic heterocycles. The zero-order valence-electron chi connectivity index (χ0n) is 8.90. The maximum atomic E-state index is 11.0. The Morgan fingerprint density at radius 2 is 2.06 bits per heavy atom. The summed E-state index contributed by atoms with van der Waals surface area (Å²) in [5.74, 6) is -1.31. The number of carboxylic acids is 1. The van der Waals surface area contributed by atoms with Crippen molar-refractivity contribution < 1.29 is 14.3 Å². The van der Waals surface area contributed by atoms with Crippen LogP contribution in [-0.4, -0.2) is 23.1 Å². The van der Waals surface area contributed by atoms with Crippen molar-refractivity contribution in [3.63, 3.8) is 0 Å². The van der Waals surface area contributed by atoms with Crippen molar-refractivity contribution in [3.8, 4) is 11.3 Å². The maximum Gasteiger partial charge on any atom is 0.374 e. The number of anilines is 1. The van der Waals surface area contributed by atoms with E-state index in [1.165, 1.54) is 0 Å². The Kier molecular flexibility index (Phi) is 3.14. The van der Waals surface area contributed by atoms with Crippen LogP contribution in [0.5, 0.6) is 0 Å². The molecule has 5 nitrogen and oxygen atoms in total. The molecule has 0 aliphatic rings. The summed E-state index contributed by atoms with van der Waals surface area (Å²) >= 11 is 3.31. The van der Waals surface area contributed by atoms with Crippen molar-refractivity contribution in [1.82, 2.24) is 4.98 Å². The Morgan fingerprint density at radius 1 is 1.41 bits per heavy atom. The molecule has 6 heteroatoms. The van der Waals surface area contributed by atoms with Gasteiger partial charge in [0.05, 0.1) is 0 Å². The number of halogens is 1. The predicted octanol–water partition coefficient (Wildman–Crippen LogP) is 2.84. The summed E-state index contributed by atoms with van der Waals surface area (Å²) < 4.78 is 5.99. The fraction of sp³-hybridized carbons (Fsp3) is 0.0909. The van der Waals surface area contributed by atoms with E-state index >= 15 is 0 Å². The molecule has 88 valence electrons. The highest BCUT2D eigenvalue weighted by atomic mass is 79.9. The normalized spacial score (nSPS) is 10.2. The summed E-state index contributed by atoms with van der Waals surface area (Å²) in [4.78, 5) is 15.1. The van der Waals surface area contributed by atoms with E-state index < -0.39 is 5.97 Å². The number of nitrogens with zero attached hydrogens (tertiary/aromatic N) is 1. The molecule has 0 atom stereocenters. The molecule has 0 unspecified atom stereocenters. The largest absolute Gasteiger partial charge is 0.475 e. The number of carbonyl (C=O) groups is 1. The average molecular weight is 297 g/mol. The molecule has 0 bridgehead atoms. The lowest BCUT2D eigenvalue weighted by molar-refractivity contribution is 0.0665. The Balaban J connectivity index is 2.53. The number of aromatic carboxylic acids is 1. The molecule has 1 heterocycles. The van der Waals surface area contributed by atoms with Crippen LogP contribution >= 0.6 is 15.9 Å². The Morgan fingerprint density at radius 3 is 2.59 bits per heavy atom. The average Bonchev–Trinajstić information content (AvgIpc) is 2.74. The first-order chi connectivity index (χ1) is 8.11. The minimum Gasteiger partial charge on any atom is -0.475 e. The summed E-state index contributed by atoms with van der Waals surface area (Å²) in [6.07, 6.45) is 0. The second-order valence-corrected chi connectivity index (χ2v) is 4.17. The number of carboxylic acid groups (broad SMARTS) is 1. The van der Waals surface area contributed by atoms with Gasteiger partial charge in [-0.1, -0.05) is 28.1 Å². The van der Waals surface area contributed by atoms with Crippen molar-refractivity contribution in [2.24, 2.45) is 0 Å². The number of rotatable bonds is 3. The quantitative estimate of drug-likeness (QED) is 0.911. The Labute approximate surface area is 106 Å². The van der Waals surface area contributed by atoms with Crippen LogP contribution in [0.3, 0.4) is 0 Å². The number of hydrogen-bond donors (Lipinski definition) is 2. The van der Waals surface area contributed by atoms with E-state index in [0.717, 1.165) is 4.47 Å². The summed E-state index contributed by atoms with van der Waals surface area (Å²) in [7, 11) is 1.61. The van der Waals surface area contributed by atoms with Crippen molar-refractivity contribution >= 4 is 27.9 Å². The first kappa shape index (κ1) is 11.7. The lowest BCUT2D eigenvalue weighted by Gasteiger charge is -1.97. The van der Waals surface area contributed by atoms with Crippen molar-refractivity contribution in [3.05, 3.63) is 34.5 Å². The van der Waals surface area contributed by atoms with Crippen LogP contribution in [0.25, 0.3) is 11.3 Å². The van der Waals surface area contributed by atoms with Crippen molar-refractivity contribution in [2.45, 2.75) is 0 Å². The number of hydrogen-bond acceptors (Lipinski definition) is 4. The van der Waals surface area contributed by atoms with E-state index in [4.69, 9.17) is 9.52 Å². The molecule has 0 spiro atoms. The van der Waals surface area contributed by atoms with Crippen molar-refractivity contribution in [2.75, 3.05) is 12.4 Å². The molecule has 0 amide bonds. The van der Waals surface area contributed by atoms with Gasteiger partial charge in [0.2, 0.25) is 5.76 Å². The van der Waals surface area contributed by atoms with Crippen molar-refractivity contribution in [1.29, 1.82) is 0 Å². The van der Waals surface area contributed by atoms with Crippen LogP contribution in [0.1, 0.15) is 10.6 Å². The molecule has 2 aromatic rings. The zero-order chi connectivity index (χ0) is 12.4. The van der Waals surface area contributed by atoms with Crippen LogP contribution in [0.2, 0.25) is 0 Å². The van der Waals surface area contributed by atoms with E-state index in [-0.39, 0.29) is 11.8 Å². The second-order valence-electron chi connectivity index (χ2n) is 3.26. The lowest BCUT2D eigenvalue weighted by Crippen LogP contribution is -1.96. The van der Waals surface area contributed by atoms with Gasteiger partial charge < -0.3 is 14.8 Å². The SMILES string of the molecule is CNc1nc(-c2ccc(Br)cc2)c(C(=O)O)o1. The topological polar surface area (TPSA) is 75.4 Å². The third kappa shape index (κ3) is 2.31. The van der Waals surface area contributed by atoms with Gasteiger partial charge >= 0.3 is 5.97 Å². The Bertz CT molecular complexity index is 548. The second kappa shape index (κ2) is 4.58. The van der Waals surface area contributed by atoms with Gasteiger partial charge in [0.15, 0.2) is 0 Å². The van der Waals surface area contributed by atoms with E-state index in [1.54, 1.807) is 19.2 Å². The molecular weight excluding hydrogens is 288 g/mol. The highest BCUT2D eigenvalue weighted by molar-refractivity contribution is 9.10. The van der Waals surface area contributed by atoms with Crippen LogP contribution in [0.15, 0.2) is 33.2 Å². The zero-order valence-corrected chi connectivity index (χ0v) is 10.5. The molecule has 0 saturated carbocycles. The molecular formula is C11H9BrN2O3. The summed E-state index contributed by atoms with van der Waals surface area (Å²) in [6.45, 7) is 0. The maximum absolute atomic E-state index is 11.0. The molecule has 0 aliphatic carbocycles. The molecule has 0 aliphatic heterocycles. The standard InChI is InChI=1S/C11H9BrN2O3/c1-13-11-14-8(9(17-11)10(15)16)6-2-4-7(12)5-3-6/h2-5H,1H3,(H,13,14)(H,15,16). The smallest absolute Gasteiger partial charge is 0.374 e. The molecule has 2 N–H and O–H groups in total. The third-order valence-electron chi connectivity index (χ3n) is 2.15. The van der Waals surface area contributed by atoms with E-state index in [2.05, 4.69) is 26.2 Å². The highest BCUT2D eigenvalue weighted by Crippen LogP contribution is 2.27. The minimum absolute atomic E-state index is 0.170. The van der Waals surface area contributed by atoms with E-state index in [0.29, 0.717) is 11.3 Å². The van der Waals surface area contributed by atoms with E-state index in [1.807, 2.05) is 12.1 Å². The fourth-order valence-corrected chi connectivity index (χ4v) is 1.64. The molecule has 1 aromatic carbocycles. The number of nitrogens with one attached hydrogen (secondary N) is 1. The molecule has 2 rings (SSSR count). The summed E-state index contributed by atoms with van der Waals surface area (Å²) in [6, 6.07) is 7.35. The van der Waals surface area contributed by atoms with Crippen LogP contribution < -0.4 is 5.32 Å².